The highest BCUT2D eigenvalue weighted by Crippen LogP contribution is 2.18. The lowest BCUT2D eigenvalue weighted by Gasteiger charge is -2.07. The summed E-state index contributed by atoms with van der Waals surface area (Å²) in [5.41, 5.74) is 1.30. The van der Waals surface area contributed by atoms with Crippen LogP contribution < -0.4 is 10.6 Å². The lowest BCUT2D eigenvalue weighted by Crippen LogP contribution is -2.42. The van der Waals surface area contributed by atoms with Crippen LogP contribution in [0.4, 0.5) is 4.79 Å². The van der Waals surface area contributed by atoms with Gasteiger partial charge in [0.2, 0.25) is 0 Å². The Labute approximate surface area is 116 Å². The number of carbonyl (C=O) groups is 3. The van der Waals surface area contributed by atoms with Crippen molar-refractivity contribution in [3.8, 4) is 0 Å². The van der Waals surface area contributed by atoms with Gasteiger partial charge in [-0.05, 0) is 31.9 Å². The molecular formula is C14H16N2O4. The van der Waals surface area contributed by atoms with E-state index in [-0.39, 0.29) is 6.04 Å². The van der Waals surface area contributed by atoms with Crippen LogP contribution >= 0.6 is 0 Å². The van der Waals surface area contributed by atoms with Gasteiger partial charge in [-0.25, -0.2) is 9.59 Å². The Hall–Kier alpha value is -2.37. The standard InChI is InChI=1S/C14H16N2O4/c1-9-3-2-4-10(7-9)13(18)20-8-12(17)16-14(19)15-11-5-6-11/h2-4,7,11H,5-6,8H2,1H3,(H2,15,16,17,19). The lowest BCUT2D eigenvalue weighted by atomic mass is 10.1. The van der Waals surface area contributed by atoms with Gasteiger partial charge in [-0.1, -0.05) is 17.7 Å². The van der Waals surface area contributed by atoms with Gasteiger partial charge in [0.15, 0.2) is 6.61 Å². The smallest absolute Gasteiger partial charge is 0.338 e. The van der Waals surface area contributed by atoms with Crippen LogP contribution in [0, 0.1) is 6.92 Å². The Morgan fingerprint density at radius 3 is 2.70 bits per heavy atom. The van der Waals surface area contributed by atoms with E-state index in [0.717, 1.165) is 18.4 Å². The van der Waals surface area contributed by atoms with E-state index in [1.807, 2.05) is 13.0 Å². The van der Waals surface area contributed by atoms with Crippen LogP contribution in [0.5, 0.6) is 0 Å². The molecule has 1 aromatic rings. The third-order valence-electron chi connectivity index (χ3n) is 2.75. The Kier molecular flexibility index (Phi) is 4.34. The number of hydrogen-bond acceptors (Lipinski definition) is 4. The van der Waals surface area contributed by atoms with Crippen molar-refractivity contribution in [1.82, 2.24) is 10.6 Å². The molecule has 0 aliphatic heterocycles. The van der Waals surface area contributed by atoms with Gasteiger partial charge in [0.1, 0.15) is 0 Å². The number of urea groups is 1. The van der Waals surface area contributed by atoms with Gasteiger partial charge in [0, 0.05) is 6.04 Å². The largest absolute Gasteiger partial charge is 0.452 e. The highest BCUT2D eigenvalue weighted by atomic mass is 16.5. The van der Waals surface area contributed by atoms with E-state index in [4.69, 9.17) is 4.74 Å². The van der Waals surface area contributed by atoms with Crippen molar-refractivity contribution < 1.29 is 19.1 Å². The predicted molar refractivity (Wildman–Crippen MR) is 71.2 cm³/mol. The molecule has 106 valence electrons. The van der Waals surface area contributed by atoms with Crippen LogP contribution in [0.3, 0.4) is 0 Å². The molecule has 0 spiro atoms. The molecule has 1 saturated carbocycles. The fourth-order valence-corrected chi connectivity index (χ4v) is 1.60. The first kappa shape index (κ1) is 14.0. The second-order valence-electron chi connectivity index (χ2n) is 4.74. The van der Waals surface area contributed by atoms with E-state index in [0.29, 0.717) is 5.56 Å². The van der Waals surface area contributed by atoms with Crippen LogP contribution in [0.2, 0.25) is 0 Å². The van der Waals surface area contributed by atoms with Crippen molar-refractivity contribution in [2.24, 2.45) is 0 Å². The first-order valence-electron chi connectivity index (χ1n) is 6.39. The number of imide groups is 1. The molecule has 1 fully saturated rings. The fraction of sp³-hybridized carbons (Fsp3) is 0.357. The molecule has 0 aromatic heterocycles. The van der Waals surface area contributed by atoms with Crippen LogP contribution in [0.15, 0.2) is 24.3 Å². The molecule has 1 aromatic carbocycles. The molecule has 0 heterocycles. The molecule has 1 aliphatic carbocycles. The van der Waals surface area contributed by atoms with E-state index in [9.17, 15) is 14.4 Å². The summed E-state index contributed by atoms with van der Waals surface area (Å²) < 4.78 is 4.84. The van der Waals surface area contributed by atoms with E-state index in [1.54, 1.807) is 18.2 Å². The van der Waals surface area contributed by atoms with Crippen molar-refractivity contribution >= 4 is 17.9 Å². The Bertz CT molecular complexity index is 538. The minimum atomic E-state index is -0.649. The SMILES string of the molecule is Cc1cccc(C(=O)OCC(=O)NC(=O)NC2CC2)c1. The number of benzene rings is 1. The van der Waals surface area contributed by atoms with Crippen LogP contribution in [-0.2, 0) is 9.53 Å². The molecule has 0 unspecified atom stereocenters. The van der Waals surface area contributed by atoms with Crippen LogP contribution in [0.1, 0.15) is 28.8 Å². The van der Waals surface area contributed by atoms with Gasteiger partial charge in [-0.2, -0.15) is 0 Å². The van der Waals surface area contributed by atoms with Gasteiger partial charge in [0.25, 0.3) is 5.91 Å². The van der Waals surface area contributed by atoms with Gasteiger partial charge in [-0.3, -0.25) is 10.1 Å². The molecule has 6 heteroatoms. The summed E-state index contributed by atoms with van der Waals surface area (Å²) in [5.74, 6) is -1.24. The van der Waals surface area contributed by atoms with Crippen LogP contribution in [0.25, 0.3) is 0 Å². The molecule has 1 aliphatic rings. The van der Waals surface area contributed by atoms with Crippen molar-refractivity contribution in [3.05, 3.63) is 35.4 Å². The molecule has 0 radical (unpaired) electrons. The molecule has 6 nitrogen and oxygen atoms in total. The van der Waals surface area contributed by atoms with Crippen molar-refractivity contribution in [1.29, 1.82) is 0 Å². The summed E-state index contributed by atoms with van der Waals surface area (Å²) in [6.07, 6.45) is 1.87. The molecule has 2 rings (SSSR count). The zero-order chi connectivity index (χ0) is 14.5. The molecule has 3 amide bonds. The van der Waals surface area contributed by atoms with E-state index < -0.39 is 24.5 Å². The minimum Gasteiger partial charge on any atom is -0.452 e. The quantitative estimate of drug-likeness (QED) is 0.808. The normalized spacial score (nSPS) is 13.4. The van der Waals surface area contributed by atoms with Gasteiger partial charge >= 0.3 is 12.0 Å². The minimum absolute atomic E-state index is 0.164. The predicted octanol–water partition coefficient (Wildman–Crippen LogP) is 1.14. The third-order valence-corrected chi connectivity index (χ3v) is 2.75. The Morgan fingerprint density at radius 2 is 2.05 bits per heavy atom. The number of nitrogens with one attached hydrogen (secondary N) is 2. The Morgan fingerprint density at radius 1 is 1.30 bits per heavy atom. The number of ether oxygens (including phenoxy) is 1. The van der Waals surface area contributed by atoms with Crippen molar-refractivity contribution in [3.63, 3.8) is 0 Å². The maximum absolute atomic E-state index is 11.7. The summed E-state index contributed by atoms with van der Waals surface area (Å²) in [7, 11) is 0. The number of rotatable bonds is 4. The Balaban J connectivity index is 1.74. The molecule has 0 atom stereocenters. The zero-order valence-corrected chi connectivity index (χ0v) is 11.1. The average Bonchev–Trinajstić information content (AvgIpc) is 3.19. The molecule has 2 N–H and O–H groups in total. The van der Waals surface area contributed by atoms with Crippen LogP contribution in [-0.4, -0.2) is 30.6 Å². The van der Waals surface area contributed by atoms with Gasteiger partial charge in [-0.15, -0.1) is 0 Å². The summed E-state index contributed by atoms with van der Waals surface area (Å²) in [4.78, 5) is 34.4. The van der Waals surface area contributed by atoms with Gasteiger partial charge < -0.3 is 10.1 Å². The molecule has 20 heavy (non-hydrogen) atoms. The average molecular weight is 276 g/mol. The summed E-state index contributed by atoms with van der Waals surface area (Å²) >= 11 is 0. The maximum atomic E-state index is 11.7. The summed E-state index contributed by atoms with van der Waals surface area (Å²) in [6.45, 7) is 1.37. The maximum Gasteiger partial charge on any atom is 0.338 e. The molecule has 0 bridgehead atoms. The number of hydrogen-bond donors (Lipinski definition) is 2. The first-order chi connectivity index (χ1) is 9.54. The van der Waals surface area contributed by atoms with Gasteiger partial charge in [0.05, 0.1) is 5.56 Å². The zero-order valence-electron chi connectivity index (χ0n) is 11.1. The summed E-state index contributed by atoms with van der Waals surface area (Å²) in [5, 5.41) is 4.70. The van der Waals surface area contributed by atoms with Crippen molar-refractivity contribution in [2.75, 3.05) is 6.61 Å². The monoisotopic (exact) mass is 276 g/mol. The third kappa shape index (κ3) is 4.38. The molecular weight excluding hydrogens is 260 g/mol. The number of aryl methyl sites for hydroxylation is 1. The van der Waals surface area contributed by atoms with E-state index in [2.05, 4.69) is 10.6 Å². The number of esters is 1. The second-order valence-corrected chi connectivity index (χ2v) is 4.74. The van der Waals surface area contributed by atoms with E-state index >= 15 is 0 Å². The second kappa shape index (κ2) is 6.18. The number of carbonyl (C=O) groups excluding carboxylic acids is 3. The highest BCUT2D eigenvalue weighted by Gasteiger charge is 2.24. The lowest BCUT2D eigenvalue weighted by molar-refractivity contribution is -0.123. The topological polar surface area (TPSA) is 84.5 Å². The first-order valence-corrected chi connectivity index (χ1v) is 6.39. The number of amides is 3. The summed E-state index contributed by atoms with van der Waals surface area (Å²) in [6, 6.07) is 6.47. The molecule has 0 saturated heterocycles. The fourth-order valence-electron chi connectivity index (χ4n) is 1.60. The highest BCUT2D eigenvalue weighted by molar-refractivity contribution is 5.97. The van der Waals surface area contributed by atoms with Crippen molar-refractivity contribution in [2.45, 2.75) is 25.8 Å². The van der Waals surface area contributed by atoms with E-state index in [1.165, 1.54) is 0 Å².